The molecular formula is C19H23NO6. The van der Waals surface area contributed by atoms with Crippen LogP contribution in [0, 0.1) is 5.92 Å². The highest BCUT2D eigenvalue weighted by atomic mass is 16.5. The molecule has 0 fully saturated rings. The maximum atomic E-state index is 12.1. The number of carbonyl (C=O) groups is 3. The molecule has 0 saturated heterocycles. The van der Waals surface area contributed by atoms with Gasteiger partial charge in [-0.3, -0.25) is 4.79 Å². The van der Waals surface area contributed by atoms with Crippen molar-refractivity contribution in [3.8, 4) is 5.75 Å². The van der Waals surface area contributed by atoms with Gasteiger partial charge in [0.15, 0.2) is 6.61 Å². The SMILES string of the molecule is COC(=O)[C@H](CC(C)C)NC(=O)COC(=O)C1=Cc2ccccc2OC1. The molecule has 0 bridgehead atoms. The Bertz CT molecular complexity index is 710. The van der Waals surface area contributed by atoms with Gasteiger partial charge >= 0.3 is 11.9 Å². The molecule has 1 aliphatic heterocycles. The highest BCUT2D eigenvalue weighted by Gasteiger charge is 2.24. The van der Waals surface area contributed by atoms with Gasteiger partial charge in [-0.05, 0) is 24.5 Å². The van der Waals surface area contributed by atoms with Gasteiger partial charge in [-0.2, -0.15) is 0 Å². The standard InChI is InChI=1S/C19H23NO6/c1-12(2)8-15(19(23)24-3)20-17(21)11-26-18(22)14-9-13-6-4-5-7-16(13)25-10-14/h4-7,9,12,15H,8,10-11H2,1-3H3,(H,20,21)/t15-/m0/s1. The van der Waals surface area contributed by atoms with Crippen LogP contribution in [-0.4, -0.2) is 44.2 Å². The van der Waals surface area contributed by atoms with Crippen LogP contribution in [-0.2, 0) is 23.9 Å². The quantitative estimate of drug-likeness (QED) is 0.744. The van der Waals surface area contributed by atoms with Crippen LogP contribution in [0.15, 0.2) is 29.8 Å². The van der Waals surface area contributed by atoms with Gasteiger partial charge in [-0.25, -0.2) is 9.59 Å². The van der Waals surface area contributed by atoms with Crippen molar-refractivity contribution in [3.05, 3.63) is 35.4 Å². The Kier molecular flexibility index (Phi) is 6.77. The molecule has 140 valence electrons. The summed E-state index contributed by atoms with van der Waals surface area (Å²) < 4.78 is 15.2. The van der Waals surface area contributed by atoms with Crippen LogP contribution >= 0.6 is 0 Å². The zero-order valence-corrected chi connectivity index (χ0v) is 15.1. The number of fused-ring (bicyclic) bond motifs is 1. The molecule has 1 aliphatic rings. The smallest absolute Gasteiger partial charge is 0.338 e. The van der Waals surface area contributed by atoms with E-state index >= 15 is 0 Å². The summed E-state index contributed by atoms with van der Waals surface area (Å²) in [6.45, 7) is 3.45. The minimum Gasteiger partial charge on any atom is -0.488 e. The predicted octanol–water partition coefficient (Wildman–Crippen LogP) is 1.71. The fraction of sp³-hybridized carbons (Fsp3) is 0.421. The van der Waals surface area contributed by atoms with Crippen molar-refractivity contribution in [3.63, 3.8) is 0 Å². The second-order valence-electron chi connectivity index (χ2n) is 6.35. The van der Waals surface area contributed by atoms with Crippen molar-refractivity contribution in [2.75, 3.05) is 20.3 Å². The second kappa shape index (κ2) is 9.03. The van der Waals surface area contributed by atoms with Gasteiger partial charge in [0.2, 0.25) is 0 Å². The van der Waals surface area contributed by atoms with Gasteiger partial charge in [0, 0.05) is 5.56 Å². The minimum atomic E-state index is -0.768. The van der Waals surface area contributed by atoms with Crippen molar-refractivity contribution in [1.29, 1.82) is 0 Å². The second-order valence-corrected chi connectivity index (χ2v) is 6.35. The lowest BCUT2D eigenvalue weighted by molar-refractivity contribution is -0.148. The van der Waals surface area contributed by atoms with E-state index in [1.807, 2.05) is 38.1 Å². The molecule has 2 rings (SSSR count). The molecule has 7 heteroatoms. The van der Waals surface area contributed by atoms with E-state index in [0.29, 0.717) is 17.7 Å². The number of rotatable bonds is 7. The van der Waals surface area contributed by atoms with Crippen LogP contribution in [0.3, 0.4) is 0 Å². The third kappa shape index (κ3) is 5.34. The molecule has 26 heavy (non-hydrogen) atoms. The first-order valence-corrected chi connectivity index (χ1v) is 8.37. The largest absolute Gasteiger partial charge is 0.488 e. The molecule has 0 unspecified atom stereocenters. The fourth-order valence-electron chi connectivity index (χ4n) is 2.52. The number of nitrogens with one attached hydrogen (secondary N) is 1. The normalized spacial score (nSPS) is 13.8. The number of carbonyl (C=O) groups excluding carboxylic acids is 3. The average molecular weight is 361 g/mol. The Labute approximate surface area is 152 Å². The summed E-state index contributed by atoms with van der Waals surface area (Å²) in [6.07, 6.45) is 2.11. The summed E-state index contributed by atoms with van der Waals surface area (Å²) in [7, 11) is 1.26. The zero-order valence-electron chi connectivity index (χ0n) is 15.1. The van der Waals surface area contributed by atoms with E-state index < -0.39 is 30.5 Å². The van der Waals surface area contributed by atoms with Gasteiger partial charge in [-0.1, -0.05) is 32.0 Å². The minimum absolute atomic E-state index is 0.0790. The summed E-state index contributed by atoms with van der Waals surface area (Å²) in [4.78, 5) is 35.8. The summed E-state index contributed by atoms with van der Waals surface area (Å²) in [5.41, 5.74) is 1.10. The van der Waals surface area contributed by atoms with Gasteiger partial charge in [0.1, 0.15) is 18.4 Å². The highest BCUT2D eigenvalue weighted by Crippen LogP contribution is 2.26. The van der Waals surface area contributed by atoms with E-state index in [-0.39, 0.29) is 12.5 Å². The third-order valence-corrected chi connectivity index (χ3v) is 3.76. The van der Waals surface area contributed by atoms with Gasteiger partial charge in [0.25, 0.3) is 5.91 Å². The fourth-order valence-corrected chi connectivity index (χ4v) is 2.52. The van der Waals surface area contributed by atoms with Crippen molar-refractivity contribution in [2.24, 2.45) is 5.92 Å². The molecule has 1 atom stereocenters. The Hall–Kier alpha value is -2.83. The molecule has 1 heterocycles. The van der Waals surface area contributed by atoms with Crippen LogP contribution in [0.2, 0.25) is 0 Å². The summed E-state index contributed by atoms with van der Waals surface area (Å²) >= 11 is 0. The van der Waals surface area contributed by atoms with Crippen molar-refractivity contribution < 1.29 is 28.6 Å². The van der Waals surface area contributed by atoms with Crippen LogP contribution < -0.4 is 10.1 Å². The number of benzene rings is 1. The van der Waals surface area contributed by atoms with Crippen LogP contribution in [0.1, 0.15) is 25.8 Å². The Morgan fingerprint density at radius 2 is 1.96 bits per heavy atom. The maximum Gasteiger partial charge on any atom is 0.338 e. The highest BCUT2D eigenvalue weighted by molar-refractivity contribution is 5.96. The van der Waals surface area contributed by atoms with E-state index in [2.05, 4.69) is 10.1 Å². The first-order valence-electron chi connectivity index (χ1n) is 8.37. The van der Waals surface area contributed by atoms with Crippen LogP contribution in [0.25, 0.3) is 6.08 Å². The molecule has 7 nitrogen and oxygen atoms in total. The van der Waals surface area contributed by atoms with Crippen LogP contribution in [0.5, 0.6) is 5.75 Å². The average Bonchev–Trinajstić information content (AvgIpc) is 2.64. The lowest BCUT2D eigenvalue weighted by atomic mass is 10.0. The van der Waals surface area contributed by atoms with Crippen molar-refractivity contribution in [1.82, 2.24) is 5.32 Å². The first-order chi connectivity index (χ1) is 12.4. The zero-order chi connectivity index (χ0) is 19.1. The lowest BCUT2D eigenvalue weighted by Gasteiger charge is -2.19. The number of ether oxygens (including phenoxy) is 3. The lowest BCUT2D eigenvalue weighted by Crippen LogP contribution is -2.44. The molecule has 0 aliphatic carbocycles. The van der Waals surface area contributed by atoms with Crippen LogP contribution in [0.4, 0.5) is 0 Å². The predicted molar refractivity (Wildman–Crippen MR) is 94.3 cm³/mol. The number of hydrogen-bond acceptors (Lipinski definition) is 6. The molecular weight excluding hydrogens is 338 g/mol. The Morgan fingerprint density at radius 3 is 2.65 bits per heavy atom. The molecule has 1 amide bonds. The number of esters is 2. The molecule has 0 radical (unpaired) electrons. The molecule has 0 aromatic heterocycles. The number of methoxy groups -OCH3 is 1. The number of para-hydroxylation sites is 1. The van der Waals surface area contributed by atoms with E-state index in [1.165, 1.54) is 7.11 Å². The van der Waals surface area contributed by atoms with E-state index in [1.54, 1.807) is 6.08 Å². The maximum absolute atomic E-state index is 12.1. The molecule has 1 aromatic rings. The first kappa shape index (κ1) is 19.5. The number of hydrogen-bond donors (Lipinski definition) is 1. The summed E-state index contributed by atoms with van der Waals surface area (Å²) in [6, 6.07) is 6.54. The van der Waals surface area contributed by atoms with E-state index in [0.717, 1.165) is 5.56 Å². The van der Waals surface area contributed by atoms with Crippen molar-refractivity contribution in [2.45, 2.75) is 26.3 Å². The summed E-state index contributed by atoms with van der Waals surface area (Å²) in [5.74, 6) is -0.846. The Balaban J connectivity index is 1.89. The van der Waals surface area contributed by atoms with Crippen molar-refractivity contribution >= 4 is 23.9 Å². The van der Waals surface area contributed by atoms with E-state index in [9.17, 15) is 14.4 Å². The summed E-state index contributed by atoms with van der Waals surface area (Å²) in [5, 5.41) is 2.53. The topological polar surface area (TPSA) is 90.9 Å². The molecule has 1 N–H and O–H groups in total. The van der Waals surface area contributed by atoms with Gasteiger partial charge in [-0.15, -0.1) is 0 Å². The third-order valence-electron chi connectivity index (χ3n) is 3.76. The monoisotopic (exact) mass is 361 g/mol. The van der Waals surface area contributed by atoms with Gasteiger partial charge in [0.05, 0.1) is 12.7 Å². The van der Waals surface area contributed by atoms with Gasteiger partial charge < -0.3 is 19.5 Å². The molecule has 1 aromatic carbocycles. The van der Waals surface area contributed by atoms with E-state index in [4.69, 9.17) is 9.47 Å². The molecule has 0 saturated carbocycles. The number of amides is 1. The Morgan fingerprint density at radius 1 is 1.23 bits per heavy atom. The molecule has 0 spiro atoms.